The Balaban J connectivity index is 1.50. The third-order valence-corrected chi connectivity index (χ3v) is 5.02. The molecule has 0 amide bonds. The van der Waals surface area contributed by atoms with Gasteiger partial charge in [0, 0.05) is 25.4 Å². The zero-order valence-electron chi connectivity index (χ0n) is 12.8. The maximum atomic E-state index is 12.7. The van der Waals surface area contributed by atoms with Crippen LogP contribution in [0.5, 0.6) is 0 Å². The molecule has 0 bridgehead atoms. The molecule has 0 saturated carbocycles. The van der Waals surface area contributed by atoms with E-state index in [0.29, 0.717) is 22.4 Å². The van der Waals surface area contributed by atoms with Crippen LogP contribution in [-0.4, -0.2) is 38.2 Å². The lowest BCUT2D eigenvalue weighted by atomic mass is 10.1. The summed E-state index contributed by atoms with van der Waals surface area (Å²) in [6.45, 7) is 1.31. The van der Waals surface area contributed by atoms with E-state index in [1.807, 2.05) is 4.90 Å². The lowest BCUT2D eigenvalue weighted by Crippen LogP contribution is -2.36. The fraction of sp³-hybridized carbons (Fsp3) is 0.429. The van der Waals surface area contributed by atoms with E-state index in [0.717, 1.165) is 25.5 Å². The van der Waals surface area contributed by atoms with Crippen molar-refractivity contribution in [2.45, 2.75) is 25.1 Å². The van der Waals surface area contributed by atoms with Crippen molar-refractivity contribution in [1.82, 2.24) is 25.1 Å². The molecule has 0 aliphatic carbocycles. The average Bonchev–Trinajstić information content (AvgIpc) is 3.33. The number of rotatable bonds is 3. The van der Waals surface area contributed by atoms with E-state index in [4.69, 9.17) is 4.52 Å². The second-order valence-electron chi connectivity index (χ2n) is 5.70. The Bertz CT molecular complexity index is 843. The van der Waals surface area contributed by atoms with Gasteiger partial charge in [0.05, 0.1) is 6.04 Å². The van der Waals surface area contributed by atoms with Crippen molar-refractivity contribution in [3.63, 3.8) is 0 Å². The predicted molar refractivity (Wildman–Crippen MR) is 83.1 cm³/mol. The first-order valence-electron chi connectivity index (χ1n) is 7.62. The van der Waals surface area contributed by atoms with Crippen molar-refractivity contribution >= 4 is 16.5 Å². The lowest BCUT2D eigenvalue weighted by molar-refractivity contribution is -0.141. The number of aromatic nitrogens is 5. The molecule has 0 aromatic carbocycles. The van der Waals surface area contributed by atoms with Gasteiger partial charge in [0.1, 0.15) is 12.0 Å². The van der Waals surface area contributed by atoms with E-state index in [1.54, 1.807) is 6.07 Å². The summed E-state index contributed by atoms with van der Waals surface area (Å²) in [6.07, 6.45) is 0.0295. The highest BCUT2D eigenvalue weighted by molar-refractivity contribution is 7.18. The predicted octanol–water partition coefficient (Wildman–Crippen LogP) is 3.25. The first-order valence-corrected chi connectivity index (χ1v) is 8.44. The van der Waals surface area contributed by atoms with Crippen LogP contribution in [-0.2, 0) is 6.18 Å². The highest BCUT2D eigenvalue weighted by Crippen LogP contribution is 2.33. The third kappa shape index (κ3) is 3.23. The minimum absolute atomic E-state index is 0.135. The molecule has 4 heterocycles. The number of halogens is 3. The summed E-state index contributed by atoms with van der Waals surface area (Å²) < 4.78 is 44.4. The Morgan fingerprint density at radius 3 is 2.84 bits per heavy atom. The van der Waals surface area contributed by atoms with E-state index in [1.165, 1.54) is 28.5 Å². The molecule has 1 aliphatic heterocycles. The molecule has 0 spiro atoms. The van der Waals surface area contributed by atoms with Crippen LogP contribution in [0.1, 0.15) is 24.6 Å². The molecule has 1 unspecified atom stereocenters. The third-order valence-electron chi connectivity index (χ3n) is 4.01. The van der Waals surface area contributed by atoms with Crippen molar-refractivity contribution < 1.29 is 17.7 Å². The standard InChI is InChI=1S/C14H13F3N6OS/c15-14(16,17)11-3-6-23(20-11)9-2-1-5-22(8-9)13-19-18-12(25-13)10-4-7-24-21-10/h3-4,6-7,9H,1-2,5,8H2. The van der Waals surface area contributed by atoms with Gasteiger partial charge in [-0.1, -0.05) is 16.5 Å². The Hall–Kier alpha value is -2.43. The normalized spacial score (nSPS) is 18.7. The summed E-state index contributed by atoms with van der Waals surface area (Å²) in [6, 6.07) is 2.57. The Labute approximate surface area is 144 Å². The number of piperidine rings is 1. The topological polar surface area (TPSA) is 72.9 Å². The summed E-state index contributed by atoms with van der Waals surface area (Å²) in [4.78, 5) is 2.02. The van der Waals surface area contributed by atoms with Gasteiger partial charge in [-0.15, -0.1) is 10.2 Å². The molecule has 1 fully saturated rings. The van der Waals surface area contributed by atoms with Gasteiger partial charge in [-0.2, -0.15) is 18.3 Å². The number of nitrogens with zero attached hydrogens (tertiary/aromatic N) is 6. The fourth-order valence-electron chi connectivity index (χ4n) is 2.81. The highest BCUT2D eigenvalue weighted by Gasteiger charge is 2.34. The van der Waals surface area contributed by atoms with Crippen molar-refractivity contribution in [1.29, 1.82) is 0 Å². The van der Waals surface area contributed by atoms with Crippen molar-refractivity contribution in [3.8, 4) is 10.7 Å². The second kappa shape index (κ2) is 6.14. The molecular formula is C14H13F3N6OS. The Kier molecular flexibility index (Phi) is 3.94. The first kappa shape index (κ1) is 16.1. The number of anilines is 1. The molecule has 1 atom stereocenters. The molecule has 11 heteroatoms. The van der Waals surface area contributed by atoms with Gasteiger partial charge < -0.3 is 9.42 Å². The summed E-state index contributed by atoms with van der Waals surface area (Å²) >= 11 is 1.38. The van der Waals surface area contributed by atoms with E-state index < -0.39 is 11.9 Å². The van der Waals surface area contributed by atoms with Gasteiger partial charge in [0.2, 0.25) is 5.13 Å². The van der Waals surface area contributed by atoms with E-state index in [9.17, 15) is 13.2 Å². The van der Waals surface area contributed by atoms with E-state index in [2.05, 4.69) is 20.5 Å². The first-order chi connectivity index (χ1) is 12.0. The highest BCUT2D eigenvalue weighted by atomic mass is 32.1. The van der Waals surface area contributed by atoms with Gasteiger partial charge in [0.15, 0.2) is 10.7 Å². The Morgan fingerprint density at radius 1 is 1.24 bits per heavy atom. The van der Waals surface area contributed by atoms with Gasteiger partial charge in [0.25, 0.3) is 0 Å². The number of alkyl halides is 3. The number of hydrogen-bond donors (Lipinski definition) is 0. The van der Waals surface area contributed by atoms with Gasteiger partial charge in [-0.25, -0.2) is 0 Å². The molecule has 3 aromatic rings. The monoisotopic (exact) mass is 370 g/mol. The molecular weight excluding hydrogens is 357 g/mol. The summed E-state index contributed by atoms with van der Waals surface area (Å²) in [7, 11) is 0. The molecule has 132 valence electrons. The molecule has 0 radical (unpaired) electrons. The van der Waals surface area contributed by atoms with Crippen LogP contribution in [0.15, 0.2) is 29.1 Å². The molecule has 25 heavy (non-hydrogen) atoms. The molecule has 0 N–H and O–H groups in total. The maximum Gasteiger partial charge on any atom is 0.435 e. The zero-order valence-corrected chi connectivity index (χ0v) is 13.7. The van der Waals surface area contributed by atoms with Gasteiger partial charge in [-0.3, -0.25) is 4.68 Å². The van der Waals surface area contributed by atoms with Crippen LogP contribution in [0.2, 0.25) is 0 Å². The fourth-order valence-corrected chi connectivity index (χ4v) is 3.65. The van der Waals surface area contributed by atoms with Crippen LogP contribution >= 0.6 is 11.3 Å². The van der Waals surface area contributed by atoms with E-state index >= 15 is 0 Å². The minimum Gasteiger partial charge on any atom is -0.364 e. The average molecular weight is 370 g/mol. The van der Waals surface area contributed by atoms with Crippen LogP contribution in [0, 0.1) is 0 Å². The SMILES string of the molecule is FC(F)(F)c1ccn(C2CCCN(c3nnc(-c4ccon4)s3)C2)n1. The van der Waals surface area contributed by atoms with Crippen LogP contribution in [0.4, 0.5) is 18.3 Å². The van der Waals surface area contributed by atoms with Gasteiger partial charge >= 0.3 is 6.18 Å². The maximum absolute atomic E-state index is 12.7. The molecule has 4 rings (SSSR count). The van der Waals surface area contributed by atoms with Gasteiger partial charge in [-0.05, 0) is 18.9 Å². The second-order valence-corrected chi connectivity index (χ2v) is 6.65. The molecule has 7 nitrogen and oxygen atoms in total. The summed E-state index contributed by atoms with van der Waals surface area (Å²) in [5, 5.41) is 17.1. The summed E-state index contributed by atoms with van der Waals surface area (Å²) in [5.41, 5.74) is -0.256. The quantitative estimate of drug-likeness (QED) is 0.705. The van der Waals surface area contributed by atoms with Crippen molar-refractivity contribution in [3.05, 3.63) is 30.3 Å². The zero-order chi connectivity index (χ0) is 17.4. The molecule has 3 aromatic heterocycles. The Morgan fingerprint density at radius 2 is 2.12 bits per heavy atom. The smallest absolute Gasteiger partial charge is 0.364 e. The van der Waals surface area contributed by atoms with Crippen molar-refractivity contribution in [2.24, 2.45) is 0 Å². The molecule has 1 aliphatic rings. The van der Waals surface area contributed by atoms with E-state index in [-0.39, 0.29) is 6.04 Å². The number of hydrogen-bond acceptors (Lipinski definition) is 7. The lowest BCUT2D eigenvalue weighted by Gasteiger charge is -2.32. The van der Waals surface area contributed by atoms with Crippen LogP contribution in [0.25, 0.3) is 10.7 Å². The minimum atomic E-state index is -4.43. The summed E-state index contributed by atoms with van der Waals surface area (Å²) in [5.74, 6) is 0. The van der Waals surface area contributed by atoms with Crippen molar-refractivity contribution in [2.75, 3.05) is 18.0 Å². The van der Waals surface area contributed by atoms with Crippen LogP contribution < -0.4 is 4.90 Å². The molecule has 1 saturated heterocycles. The van der Waals surface area contributed by atoms with Crippen LogP contribution in [0.3, 0.4) is 0 Å². The largest absolute Gasteiger partial charge is 0.435 e.